The summed E-state index contributed by atoms with van der Waals surface area (Å²) in [6.07, 6.45) is 7.51. The monoisotopic (exact) mass is 415 g/mol. The zero-order valence-corrected chi connectivity index (χ0v) is 17.3. The summed E-state index contributed by atoms with van der Waals surface area (Å²) in [6.45, 7) is 4.22. The molecule has 0 heterocycles. The molecule has 3 aromatic carbocycles. The van der Waals surface area contributed by atoms with Crippen LogP contribution in [0.2, 0.25) is 0 Å². The predicted molar refractivity (Wildman–Crippen MR) is 101 cm³/mol. The molecule has 0 spiro atoms. The van der Waals surface area contributed by atoms with Crippen molar-refractivity contribution >= 4 is 22.0 Å². The van der Waals surface area contributed by atoms with E-state index in [2.05, 4.69) is 61.5 Å². The van der Waals surface area contributed by atoms with Crippen LogP contribution in [0.1, 0.15) is 17.5 Å². The molecule has 26 heavy (non-hydrogen) atoms. The molecule has 0 atom stereocenters. The van der Waals surface area contributed by atoms with Crippen LogP contribution in [0.25, 0.3) is 22.1 Å². The van der Waals surface area contributed by atoms with Crippen molar-refractivity contribution in [3.05, 3.63) is 109 Å². The van der Waals surface area contributed by atoms with Gasteiger partial charge >= 0.3 is 21.7 Å². The predicted octanol–water partition coefficient (Wildman–Crippen LogP) is 0.741. The second kappa shape index (κ2) is 11.9. The van der Waals surface area contributed by atoms with E-state index in [4.69, 9.17) is 5.73 Å². The first-order chi connectivity index (χ1) is 11.3. The van der Waals surface area contributed by atoms with Crippen LogP contribution in [0.15, 0.2) is 85.0 Å². The first kappa shape index (κ1) is 24.4. The standard InChI is InChI=1S/C16H13.C6H6N.2ClH.Ti/c1-12-15-9-5-4-8-14(15)10-11-16(12)13-6-2-3-7-13;7-6-4-2-1-3-5-6;;;/h2-6,8-11H,1,7H2;1-5,7H;2*1H;/q2*-1;;;+2/p-2. The van der Waals surface area contributed by atoms with E-state index in [1.807, 2.05) is 18.2 Å². The molecule has 0 saturated heterocycles. The van der Waals surface area contributed by atoms with Gasteiger partial charge in [-0.05, 0) is 6.42 Å². The number of rotatable bonds is 1. The molecule has 0 unspecified atom stereocenters. The van der Waals surface area contributed by atoms with Crippen molar-refractivity contribution < 1.29 is 46.5 Å². The average molecular weight is 416 g/mol. The van der Waals surface area contributed by atoms with Gasteiger partial charge in [-0.3, -0.25) is 0 Å². The Morgan fingerprint density at radius 3 is 2.04 bits per heavy atom. The minimum Gasteiger partial charge on any atom is -1.00 e. The summed E-state index contributed by atoms with van der Waals surface area (Å²) in [6, 6.07) is 21.9. The third-order valence-electron chi connectivity index (χ3n) is 3.93. The van der Waals surface area contributed by atoms with Crippen molar-refractivity contribution in [3.8, 4) is 0 Å². The van der Waals surface area contributed by atoms with Crippen LogP contribution in [-0.2, 0) is 21.7 Å². The molecule has 4 heteroatoms. The number of hydrogen-bond donors (Lipinski definition) is 0. The Morgan fingerprint density at radius 1 is 0.808 bits per heavy atom. The number of benzene rings is 3. The van der Waals surface area contributed by atoms with Crippen molar-refractivity contribution in [2.45, 2.75) is 6.42 Å². The maximum atomic E-state index is 7.00. The second-order valence-corrected chi connectivity index (χ2v) is 5.50. The fourth-order valence-electron chi connectivity index (χ4n) is 2.72. The van der Waals surface area contributed by atoms with Gasteiger partial charge in [0.15, 0.2) is 0 Å². The molecule has 3 aromatic rings. The molecule has 0 saturated carbocycles. The maximum absolute atomic E-state index is 7.00. The summed E-state index contributed by atoms with van der Waals surface area (Å²) in [5.74, 6) is 0. The van der Waals surface area contributed by atoms with Gasteiger partial charge in [-0.15, -0.1) is 28.8 Å². The van der Waals surface area contributed by atoms with Gasteiger partial charge in [0.2, 0.25) is 0 Å². The molecule has 1 N–H and O–H groups in total. The van der Waals surface area contributed by atoms with Gasteiger partial charge in [-0.1, -0.05) is 83.8 Å². The first-order valence-corrected chi connectivity index (χ1v) is 7.72. The number of nitrogens with one attached hydrogen (secondary N) is 1. The summed E-state index contributed by atoms with van der Waals surface area (Å²) in [5.41, 5.74) is 11.4. The molecule has 0 bridgehead atoms. The maximum Gasteiger partial charge on any atom is 2.00 e. The molecule has 1 aliphatic carbocycles. The SMILES string of the molecule is [CH2-]c1c(C2=CC=CC2)ccc2ccccc12.[Cl-].[Cl-].[NH-]c1ccccc1.[Ti+2]. The molecule has 132 valence electrons. The van der Waals surface area contributed by atoms with Gasteiger partial charge in [-0.2, -0.15) is 12.5 Å². The third-order valence-corrected chi connectivity index (χ3v) is 3.93. The molecule has 0 radical (unpaired) electrons. The van der Waals surface area contributed by atoms with Crippen LogP contribution < -0.4 is 24.8 Å². The van der Waals surface area contributed by atoms with Gasteiger partial charge in [0.25, 0.3) is 0 Å². The van der Waals surface area contributed by atoms with Crippen LogP contribution in [0.3, 0.4) is 0 Å². The van der Waals surface area contributed by atoms with Crippen LogP contribution in [0, 0.1) is 6.92 Å². The molecular formula is C22H19Cl2NTi-2. The minimum atomic E-state index is 0. The Balaban J connectivity index is 0.000000542. The van der Waals surface area contributed by atoms with E-state index in [9.17, 15) is 0 Å². The Labute approximate surface area is 183 Å². The van der Waals surface area contributed by atoms with Crippen LogP contribution in [-0.4, -0.2) is 0 Å². The van der Waals surface area contributed by atoms with Crippen LogP contribution >= 0.6 is 0 Å². The number of fused-ring (bicyclic) bond motifs is 1. The summed E-state index contributed by atoms with van der Waals surface area (Å²) in [4.78, 5) is 0. The average Bonchev–Trinajstić information content (AvgIpc) is 3.11. The molecule has 4 rings (SSSR count). The molecular weight excluding hydrogens is 397 g/mol. The van der Waals surface area contributed by atoms with E-state index in [-0.39, 0.29) is 46.5 Å². The Hall–Kier alpha value is -1.64. The summed E-state index contributed by atoms with van der Waals surface area (Å²) in [5, 5.41) is 2.52. The summed E-state index contributed by atoms with van der Waals surface area (Å²) in [7, 11) is 0. The molecule has 0 aliphatic heterocycles. The van der Waals surface area contributed by atoms with E-state index in [0.29, 0.717) is 5.69 Å². The first-order valence-electron chi connectivity index (χ1n) is 7.72. The normalized spacial score (nSPS) is 11.2. The van der Waals surface area contributed by atoms with E-state index in [0.717, 1.165) is 12.0 Å². The summed E-state index contributed by atoms with van der Waals surface area (Å²) >= 11 is 0. The second-order valence-electron chi connectivity index (χ2n) is 5.50. The van der Waals surface area contributed by atoms with E-state index >= 15 is 0 Å². The smallest absolute Gasteiger partial charge is 1.00 e. The van der Waals surface area contributed by atoms with Crippen molar-refractivity contribution in [1.29, 1.82) is 0 Å². The quantitative estimate of drug-likeness (QED) is 0.413. The zero-order chi connectivity index (χ0) is 16.1. The number of allylic oxidation sites excluding steroid dienone is 4. The van der Waals surface area contributed by atoms with Gasteiger partial charge in [0, 0.05) is 0 Å². The molecule has 0 aromatic heterocycles. The van der Waals surface area contributed by atoms with Gasteiger partial charge in [-0.25, -0.2) is 0 Å². The molecule has 1 aliphatic rings. The zero-order valence-electron chi connectivity index (χ0n) is 14.3. The minimum absolute atomic E-state index is 0. The number of halogens is 2. The van der Waals surface area contributed by atoms with E-state index in [1.165, 1.54) is 21.9 Å². The van der Waals surface area contributed by atoms with Gasteiger partial charge in [0.1, 0.15) is 0 Å². The van der Waals surface area contributed by atoms with Gasteiger partial charge in [0.05, 0.1) is 0 Å². The largest absolute Gasteiger partial charge is 2.00 e. The summed E-state index contributed by atoms with van der Waals surface area (Å²) < 4.78 is 0. The molecule has 0 amide bonds. The topological polar surface area (TPSA) is 23.8 Å². The third kappa shape index (κ3) is 5.97. The van der Waals surface area contributed by atoms with Crippen LogP contribution in [0.4, 0.5) is 5.69 Å². The van der Waals surface area contributed by atoms with Crippen molar-refractivity contribution in [3.63, 3.8) is 0 Å². The van der Waals surface area contributed by atoms with Crippen LogP contribution in [0.5, 0.6) is 0 Å². The fraction of sp³-hybridized carbons (Fsp3) is 0.0455. The molecule has 1 nitrogen and oxygen atoms in total. The Bertz CT molecular complexity index is 874. The van der Waals surface area contributed by atoms with Crippen molar-refractivity contribution in [2.24, 2.45) is 0 Å². The van der Waals surface area contributed by atoms with Gasteiger partial charge < -0.3 is 30.5 Å². The van der Waals surface area contributed by atoms with Crippen molar-refractivity contribution in [2.75, 3.05) is 0 Å². The Morgan fingerprint density at radius 2 is 1.46 bits per heavy atom. The fourth-order valence-corrected chi connectivity index (χ4v) is 2.72. The van der Waals surface area contributed by atoms with E-state index < -0.39 is 0 Å². The molecule has 0 fully saturated rings. The Kier molecular flexibility index (Phi) is 11.1. The number of hydrogen-bond acceptors (Lipinski definition) is 0. The van der Waals surface area contributed by atoms with Crippen molar-refractivity contribution in [1.82, 2.24) is 0 Å². The van der Waals surface area contributed by atoms with E-state index in [1.54, 1.807) is 12.1 Å².